The molecule has 1 saturated heterocycles. The third-order valence-electron chi connectivity index (χ3n) is 8.48. The highest BCUT2D eigenvalue weighted by atomic mass is 19.1. The van der Waals surface area contributed by atoms with Crippen LogP contribution in [-0.2, 0) is 14.9 Å². The molecule has 0 radical (unpaired) electrons. The number of carboxylic acid groups (broad SMARTS) is 1. The zero-order valence-electron chi connectivity index (χ0n) is 24.3. The molecule has 0 spiro atoms. The molecule has 5 heteroatoms. The minimum Gasteiger partial charge on any atom is -0.482 e. The van der Waals surface area contributed by atoms with Gasteiger partial charge in [-0.1, -0.05) is 105 Å². The molecule has 0 aromatic heterocycles. The Kier molecular flexibility index (Phi) is 8.60. The molecule has 1 N–H and O–H groups in total. The summed E-state index contributed by atoms with van der Waals surface area (Å²) in [4.78, 5) is 11.5. The maximum Gasteiger partial charge on any atom is 0.341 e. The van der Waals surface area contributed by atoms with E-state index in [0.717, 1.165) is 39.8 Å². The Bertz CT molecular complexity index is 1530. The van der Waals surface area contributed by atoms with E-state index in [0.29, 0.717) is 5.75 Å². The normalized spacial score (nSPS) is 20.6. The molecule has 0 aliphatic carbocycles. The van der Waals surface area contributed by atoms with Gasteiger partial charge in [0.15, 0.2) is 6.61 Å². The first-order chi connectivity index (χ1) is 20.1. The lowest BCUT2D eigenvalue weighted by atomic mass is 9.73. The van der Waals surface area contributed by atoms with Crippen LogP contribution in [0.4, 0.5) is 4.39 Å². The number of hydrogen-bond acceptors (Lipinski definition) is 3. The predicted molar refractivity (Wildman–Crippen MR) is 163 cm³/mol. The van der Waals surface area contributed by atoms with Gasteiger partial charge in [-0.15, -0.1) is 0 Å². The minimum atomic E-state index is -1.05. The van der Waals surface area contributed by atoms with Gasteiger partial charge in [-0.05, 0) is 59.9 Å². The molecule has 1 aliphatic heterocycles. The largest absolute Gasteiger partial charge is 0.482 e. The Morgan fingerprint density at radius 1 is 0.905 bits per heavy atom. The zero-order valence-corrected chi connectivity index (χ0v) is 24.3. The van der Waals surface area contributed by atoms with Crippen LogP contribution in [0, 0.1) is 11.7 Å². The van der Waals surface area contributed by atoms with E-state index < -0.39 is 18.7 Å². The number of ether oxygens (including phenoxy) is 2. The van der Waals surface area contributed by atoms with Crippen molar-refractivity contribution in [3.05, 3.63) is 149 Å². The number of hydrogen-bond donors (Lipinski definition) is 1. The Hall–Kier alpha value is -4.22. The van der Waals surface area contributed by atoms with Gasteiger partial charge < -0.3 is 14.6 Å². The van der Waals surface area contributed by atoms with Crippen molar-refractivity contribution in [2.75, 3.05) is 6.61 Å². The molecule has 4 atom stereocenters. The molecule has 0 saturated carbocycles. The number of carbonyl (C=O) groups is 1. The molecule has 0 unspecified atom stereocenters. The van der Waals surface area contributed by atoms with Crippen LogP contribution in [0.5, 0.6) is 5.75 Å². The first-order valence-corrected chi connectivity index (χ1v) is 14.3. The number of aliphatic carboxylic acids is 1. The van der Waals surface area contributed by atoms with E-state index in [4.69, 9.17) is 9.47 Å². The molecule has 0 bridgehead atoms. The summed E-state index contributed by atoms with van der Waals surface area (Å²) in [5.41, 5.74) is 5.64. The maximum atomic E-state index is 14.0. The lowest BCUT2D eigenvalue weighted by Crippen LogP contribution is -2.32. The standard InChI is InChI=1S/C37H37FO4/c1-24(2)30-22-31(25-11-7-5-8-12-25)35(26-15-18-29(38)19-16-26)42-36(30)32-21-28(17-20-33(32)41-23-34(39)40)37(3,4)27-13-9-6-10-14-27/h5-21,30-31,35-36H,1,22-23H2,2-4H3,(H,39,40)/t30-,31-,35+,36+/m1/s1. The molecule has 1 fully saturated rings. The molecule has 4 aromatic carbocycles. The average molecular weight is 565 g/mol. The second-order valence-electron chi connectivity index (χ2n) is 11.7. The van der Waals surface area contributed by atoms with Crippen LogP contribution < -0.4 is 4.74 Å². The molecule has 0 amide bonds. The first kappa shape index (κ1) is 29.3. The fraction of sp³-hybridized carbons (Fsp3) is 0.270. The van der Waals surface area contributed by atoms with E-state index in [1.165, 1.54) is 12.1 Å². The SMILES string of the molecule is C=C(C)[C@H]1C[C@H](c2ccccc2)[C@H](c2ccc(F)cc2)O[C@@H]1c1cc(C(C)(C)c2ccccc2)ccc1OCC(=O)O. The molecular weight excluding hydrogens is 527 g/mol. The number of benzene rings is 4. The maximum absolute atomic E-state index is 14.0. The summed E-state index contributed by atoms with van der Waals surface area (Å²) in [6, 6.07) is 32.9. The summed E-state index contributed by atoms with van der Waals surface area (Å²) >= 11 is 0. The van der Waals surface area contributed by atoms with E-state index in [-0.39, 0.29) is 29.2 Å². The van der Waals surface area contributed by atoms with Crippen LogP contribution in [0.1, 0.15) is 73.1 Å². The minimum absolute atomic E-state index is 0.00180. The first-order valence-electron chi connectivity index (χ1n) is 14.3. The van der Waals surface area contributed by atoms with Gasteiger partial charge in [0.1, 0.15) is 11.6 Å². The lowest BCUT2D eigenvalue weighted by Gasteiger charge is -2.43. The van der Waals surface area contributed by atoms with Gasteiger partial charge >= 0.3 is 5.97 Å². The number of carboxylic acids is 1. The average Bonchev–Trinajstić information content (AvgIpc) is 3.00. The molecule has 1 aliphatic rings. The third kappa shape index (κ3) is 6.17. The highest BCUT2D eigenvalue weighted by molar-refractivity contribution is 5.68. The van der Waals surface area contributed by atoms with Gasteiger partial charge in [0.25, 0.3) is 0 Å². The van der Waals surface area contributed by atoms with E-state index >= 15 is 0 Å². The van der Waals surface area contributed by atoms with Crippen molar-refractivity contribution in [3.63, 3.8) is 0 Å². The zero-order chi connectivity index (χ0) is 29.9. The predicted octanol–water partition coefficient (Wildman–Crippen LogP) is 8.79. The molecule has 42 heavy (non-hydrogen) atoms. The van der Waals surface area contributed by atoms with Gasteiger partial charge in [-0.3, -0.25) is 0 Å². The summed E-state index contributed by atoms with van der Waals surface area (Å²) in [5.74, 6) is -0.959. The second kappa shape index (κ2) is 12.3. The summed E-state index contributed by atoms with van der Waals surface area (Å²) in [7, 11) is 0. The van der Waals surface area contributed by atoms with Crippen molar-refractivity contribution in [2.24, 2.45) is 5.92 Å². The molecule has 4 nitrogen and oxygen atoms in total. The summed E-state index contributed by atoms with van der Waals surface area (Å²) in [6.45, 7) is 10.2. The monoisotopic (exact) mass is 564 g/mol. The van der Waals surface area contributed by atoms with Gasteiger partial charge in [0, 0.05) is 22.8 Å². The van der Waals surface area contributed by atoms with Crippen LogP contribution in [0.2, 0.25) is 0 Å². The highest BCUT2D eigenvalue weighted by Gasteiger charge is 2.42. The van der Waals surface area contributed by atoms with Crippen molar-refractivity contribution in [3.8, 4) is 5.75 Å². The third-order valence-corrected chi connectivity index (χ3v) is 8.48. The molecule has 216 valence electrons. The van der Waals surface area contributed by atoms with Crippen LogP contribution in [0.25, 0.3) is 0 Å². The Morgan fingerprint density at radius 2 is 1.55 bits per heavy atom. The van der Waals surface area contributed by atoms with Gasteiger partial charge in [-0.2, -0.15) is 0 Å². The van der Waals surface area contributed by atoms with Crippen LogP contribution in [0.3, 0.4) is 0 Å². The Morgan fingerprint density at radius 3 is 2.17 bits per heavy atom. The van der Waals surface area contributed by atoms with Crippen LogP contribution in [0.15, 0.2) is 115 Å². The Labute approximate surface area is 247 Å². The van der Waals surface area contributed by atoms with Crippen molar-refractivity contribution < 1.29 is 23.8 Å². The topological polar surface area (TPSA) is 55.8 Å². The van der Waals surface area contributed by atoms with E-state index in [1.54, 1.807) is 12.1 Å². The molecule has 4 aromatic rings. The quantitative estimate of drug-likeness (QED) is 0.206. The highest BCUT2D eigenvalue weighted by Crippen LogP contribution is 2.53. The van der Waals surface area contributed by atoms with Crippen molar-refractivity contribution in [2.45, 2.75) is 50.7 Å². The summed E-state index contributed by atoms with van der Waals surface area (Å²) in [6.07, 6.45) is -0.0870. The van der Waals surface area contributed by atoms with E-state index in [9.17, 15) is 14.3 Å². The fourth-order valence-corrected chi connectivity index (χ4v) is 6.04. The van der Waals surface area contributed by atoms with Crippen LogP contribution >= 0.6 is 0 Å². The van der Waals surface area contributed by atoms with Crippen LogP contribution in [-0.4, -0.2) is 17.7 Å². The number of halogens is 1. The van der Waals surface area contributed by atoms with E-state index in [1.807, 2.05) is 55.5 Å². The fourth-order valence-electron chi connectivity index (χ4n) is 6.04. The second-order valence-corrected chi connectivity index (χ2v) is 11.7. The number of rotatable bonds is 9. The molecule has 1 heterocycles. The summed E-state index contributed by atoms with van der Waals surface area (Å²) < 4.78 is 26.9. The summed E-state index contributed by atoms with van der Waals surface area (Å²) in [5, 5.41) is 9.42. The van der Waals surface area contributed by atoms with Crippen molar-refractivity contribution >= 4 is 5.97 Å². The van der Waals surface area contributed by atoms with Gasteiger partial charge in [0.2, 0.25) is 0 Å². The van der Waals surface area contributed by atoms with Crippen molar-refractivity contribution in [1.29, 1.82) is 0 Å². The van der Waals surface area contributed by atoms with Gasteiger partial charge in [0.05, 0.1) is 12.2 Å². The smallest absolute Gasteiger partial charge is 0.341 e. The molecular formula is C37H37FO4. The Balaban J connectivity index is 1.64. The molecule has 5 rings (SSSR count). The lowest BCUT2D eigenvalue weighted by molar-refractivity contribution is -0.139. The van der Waals surface area contributed by atoms with Crippen molar-refractivity contribution in [1.82, 2.24) is 0 Å². The van der Waals surface area contributed by atoms with E-state index in [2.05, 4.69) is 50.8 Å². The van der Waals surface area contributed by atoms with Gasteiger partial charge in [-0.25, -0.2) is 9.18 Å².